The summed E-state index contributed by atoms with van der Waals surface area (Å²) in [6, 6.07) is 11.8. The van der Waals surface area contributed by atoms with E-state index in [0.717, 1.165) is 17.9 Å². The summed E-state index contributed by atoms with van der Waals surface area (Å²) in [7, 11) is 1.57. The molecule has 0 aliphatic heterocycles. The van der Waals surface area contributed by atoms with Gasteiger partial charge in [0.15, 0.2) is 5.65 Å². The second-order valence-electron chi connectivity index (χ2n) is 10.5. The average molecular weight is 547 g/mol. The van der Waals surface area contributed by atoms with Gasteiger partial charge in [-0.1, -0.05) is 56.5 Å². The molecular formula is C30H32ClFN6O. The minimum atomic E-state index is -0.554. The number of benzene rings is 2. The minimum absolute atomic E-state index is 0.173. The number of amides is 1. The summed E-state index contributed by atoms with van der Waals surface area (Å²) in [5.74, 6) is 1.44. The Morgan fingerprint density at radius 3 is 2.62 bits per heavy atom. The number of carbonyl (C=O) groups excluding carboxylic acids is 1. The van der Waals surface area contributed by atoms with Crippen LogP contribution in [0.5, 0.6) is 0 Å². The zero-order valence-corrected chi connectivity index (χ0v) is 23.1. The predicted molar refractivity (Wildman–Crippen MR) is 154 cm³/mol. The summed E-state index contributed by atoms with van der Waals surface area (Å²) in [5.41, 5.74) is 8.57. The van der Waals surface area contributed by atoms with Crippen LogP contribution in [0, 0.1) is 23.6 Å². The maximum absolute atomic E-state index is 15.4. The van der Waals surface area contributed by atoms with E-state index >= 15 is 4.39 Å². The van der Waals surface area contributed by atoms with E-state index in [-0.39, 0.29) is 17.4 Å². The van der Waals surface area contributed by atoms with Gasteiger partial charge in [0, 0.05) is 23.7 Å². The van der Waals surface area contributed by atoms with Crippen molar-refractivity contribution in [3.8, 4) is 16.9 Å². The fourth-order valence-corrected chi connectivity index (χ4v) is 4.95. The fourth-order valence-electron chi connectivity index (χ4n) is 4.82. The highest BCUT2D eigenvalue weighted by atomic mass is 35.5. The van der Waals surface area contributed by atoms with Crippen LogP contribution in [-0.4, -0.2) is 32.7 Å². The second kappa shape index (κ2) is 11.1. The molecule has 5 rings (SSSR count). The van der Waals surface area contributed by atoms with Crippen LogP contribution < -0.4 is 10.6 Å². The van der Waals surface area contributed by atoms with Gasteiger partial charge < -0.3 is 10.6 Å². The van der Waals surface area contributed by atoms with Crippen molar-refractivity contribution in [2.75, 3.05) is 17.7 Å². The summed E-state index contributed by atoms with van der Waals surface area (Å²) >= 11 is 6.05. The van der Waals surface area contributed by atoms with Gasteiger partial charge in [0.25, 0.3) is 0 Å². The van der Waals surface area contributed by atoms with Crippen LogP contribution in [0.2, 0.25) is 5.02 Å². The van der Waals surface area contributed by atoms with E-state index in [9.17, 15) is 4.79 Å². The van der Waals surface area contributed by atoms with Crippen molar-refractivity contribution in [1.82, 2.24) is 19.7 Å². The van der Waals surface area contributed by atoms with Gasteiger partial charge in [0.2, 0.25) is 5.91 Å². The van der Waals surface area contributed by atoms with Crippen LogP contribution in [0.3, 0.4) is 0 Å². The van der Waals surface area contributed by atoms with Gasteiger partial charge in [-0.2, -0.15) is 5.10 Å². The molecule has 7 nitrogen and oxygen atoms in total. The molecule has 1 amide bonds. The lowest BCUT2D eigenvalue weighted by Gasteiger charge is -2.19. The number of allylic oxidation sites excluding steroid dienone is 1. The van der Waals surface area contributed by atoms with Crippen LogP contribution in [0.15, 0.2) is 60.9 Å². The first kappa shape index (κ1) is 26.8. The monoisotopic (exact) mass is 546 g/mol. The Morgan fingerprint density at radius 1 is 1.18 bits per heavy atom. The SMILES string of the molecule is CC(CC=CC(=O)N(C)c1ccc(-n2nc(-c3ccc(Cl)cc3)c3c(N)ncnc32)cc1F)C(C)CC1CC1. The van der Waals surface area contributed by atoms with E-state index in [0.29, 0.717) is 39.3 Å². The van der Waals surface area contributed by atoms with Crippen molar-refractivity contribution in [3.05, 3.63) is 71.8 Å². The van der Waals surface area contributed by atoms with Crippen molar-refractivity contribution in [1.29, 1.82) is 0 Å². The molecule has 9 heteroatoms. The highest BCUT2D eigenvalue weighted by Gasteiger charge is 2.25. The summed E-state index contributed by atoms with van der Waals surface area (Å²) < 4.78 is 16.9. The number of carbonyl (C=O) groups is 1. The largest absolute Gasteiger partial charge is 0.383 e. The molecule has 2 aromatic heterocycles. The Morgan fingerprint density at radius 2 is 1.92 bits per heavy atom. The molecule has 1 aliphatic rings. The number of nitrogens with two attached hydrogens (primary N) is 1. The van der Waals surface area contributed by atoms with E-state index in [1.54, 1.807) is 31.3 Å². The van der Waals surface area contributed by atoms with Crippen LogP contribution in [0.4, 0.5) is 15.9 Å². The maximum atomic E-state index is 15.4. The summed E-state index contributed by atoms with van der Waals surface area (Å²) in [5, 5.41) is 5.85. The number of nitrogen functional groups attached to an aromatic ring is 1. The van der Waals surface area contributed by atoms with E-state index < -0.39 is 5.82 Å². The second-order valence-corrected chi connectivity index (χ2v) is 11.0. The van der Waals surface area contributed by atoms with E-state index in [4.69, 9.17) is 22.4 Å². The molecule has 1 saturated carbocycles. The number of likely N-dealkylation sites (N-methyl/N-ethyl adjacent to an activating group) is 1. The van der Waals surface area contributed by atoms with Gasteiger partial charge in [-0.05, 0) is 60.9 Å². The summed E-state index contributed by atoms with van der Waals surface area (Å²) in [6.07, 6.45) is 9.56. The summed E-state index contributed by atoms with van der Waals surface area (Å²) in [6.45, 7) is 4.50. The highest BCUT2D eigenvalue weighted by molar-refractivity contribution is 6.30. The Labute approximate surface area is 232 Å². The topological polar surface area (TPSA) is 89.9 Å². The fraction of sp³-hybridized carbons (Fsp3) is 0.333. The first-order valence-corrected chi connectivity index (χ1v) is 13.6. The smallest absolute Gasteiger partial charge is 0.250 e. The number of anilines is 2. The molecule has 2 heterocycles. The number of fused-ring (bicyclic) bond motifs is 1. The third kappa shape index (κ3) is 5.81. The number of hydrogen-bond acceptors (Lipinski definition) is 5. The number of aromatic nitrogens is 4. The van der Waals surface area contributed by atoms with Crippen molar-refractivity contribution in [2.45, 2.75) is 39.5 Å². The van der Waals surface area contributed by atoms with Gasteiger partial charge in [0.05, 0.1) is 16.8 Å². The quantitative estimate of drug-likeness (QED) is 0.232. The molecule has 2 atom stereocenters. The molecule has 4 aromatic rings. The molecule has 2 unspecified atom stereocenters. The molecule has 202 valence electrons. The van der Waals surface area contributed by atoms with Crippen LogP contribution >= 0.6 is 11.6 Å². The highest BCUT2D eigenvalue weighted by Crippen LogP contribution is 2.38. The van der Waals surface area contributed by atoms with Crippen LogP contribution in [0.1, 0.15) is 39.5 Å². The first-order valence-electron chi connectivity index (χ1n) is 13.2. The Bertz CT molecular complexity index is 1530. The zero-order chi connectivity index (χ0) is 27.7. The molecule has 0 bridgehead atoms. The standard InChI is InChI=1S/C30H32ClFN6O/c1-18(19(2)15-20-7-8-20)5-4-6-26(39)37(3)25-14-13-23(16-24(25)32)38-30-27(29(33)34-17-35-30)28(36-38)21-9-11-22(31)12-10-21/h4,6,9-14,16-20H,5,7-8,15H2,1-3H3,(H2,33,34,35). The molecule has 2 N–H and O–H groups in total. The lowest BCUT2D eigenvalue weighted by atomic mass is 9.88. The van der Waals surface area contributed by atoms with E-state index in [1.165, 1.54) is 47.3 Å². The first-order chi connectivity index (χ1) is 18.7. The van der Waals surface area contributed by atoms with E-state index in [1.807, 2.05) is 18.2 Å². The lowest BCUT2D eigenvalue weighted by Crippen LogP contribution is -2.25. The van der Waals surface area contributed by atoms with Crippen LogP contribution in [0.25, 0.3) is 28.0 Å². The molecule has 1 aliphatic carbocycles. The minimum Gasteiger partial charge on any atom is -0.383 e. The number of hydrogen-bond donors (Lipinski definition) is 1. The van der Waals surface area contributed by atoms with Crippen molar-refractivity contribution >= 4 is 40.0 Å². The third-order valence-electron chi connectivity index (χ3n) is 7.62. The van der Waals surface area contributed by atoms with Gasteiger partial charge in [-0.15, -0.1) is 0 Å². The summed E-state index contributed by atoms with van der Waals surface area (Å²) in [4.78, 5) is 22.6. The van der Waals surface area contributed by atoms with Gasteiger partial charge in [0.1, 0.15) is 23.7 Å². The number of nitrogens with zero attached hydrogens (tertiary/aromatic N) is 5. The zero-order valence-electron chi connectivity index (χ0n) is 22.3. The maximum Gasteiger partial charge on any atom is 0.250 e. The molecular weight excluding hydrogens is 515 g/mol. The van der Waals surface area contributed by atoms with Gasteiger partial charge >= 0.3 is 0 Å². The van der Waals surface area contributed by atoms with E-state index in [2.05, 4.69) is 23.8 Å². The Balaban J connectivity index is 1.37. The van der Waals surface area contributed by atoms with Gasteiger partial charge in [-0.3, -0.25) is 4.79 Å². The third-order valence-corrected chi connectivity index (χ3v) is 7.87. The van der Waals surface area contributed by atoms with Crippen molar-refractivity contribution in [3.63, 3.8) is 0 Å². The molecule has 0 saturated heterocycles. The Hall–Kier alpha value is -3.78. The normalized spacial score (nSPS) is 15.1. The lowest BCUT2D eigenvalue weighted by molar-refractivity contribution is -0.113. The van der Waals surface area contributed by atoms with Gasteiger partial charge in [-0.25, -0.2) is 19.0 Å². The molecule has 2 aromatic carbocycles. The van der Waals surface area contributed by atoms with Crippen molar-refractivity contribution in [2.24, 2.45) is 17.8 Å². The molecule has 39 heavy (non-hydrogen) atoms. The molecule has 1 fully saturated rings. The number of rotatable bonds is 9. The van der Waals surface area contributed by atoms with Crippen LogP contribution in [-0.2, 0) is 4.79 Å². The van der Waals surface area contributed by atoms with Crippen molar-refractivity contribution < 1.29 is 9.18 Å². The molecule has 0 spiro atoms. The molecule has 0 radical (unpaired) electrons. The average Bonchev–Trinajstić information content (AvgIpc) is 3.65. The number of halogens is 2. The Kier molecular flexibility index (Phi) is 7.66. The predicted octanol–water partition coefficient (Wildman–Crippen LogP) is 6.84.